The van der Waals surface area contributed by atoms with Gasteiger partial charge < -0.3 is 4.90 Å². The molecule has 0 bridgehead atoms. The first kappa shape index (κ1) is 21.6. The van der Waals surface area contributed by atoms with Gasteiger partial charge in [-0.05, 0) is 30.2 Å². The number of carbonyl (C=O) groups is 2. The molecule has 3 aromatic rings. The molecule has 1 amide bonds. The minimum atomic E-state index is -4.61. The molecule has 1 atom stereocenters. The summed E-state index contributed by atoms with van der Waals surface area (Å²) in [5.41, 5.74) is -1.30. The van der Waals surface area contributed by atoms with Gasteiger partial charge in [0.05, 0.1) is 12.1 Å². The van der Waals surface area contributed by atoms with E-state index in [1.54, 1.807) is 30.3 Å². The number of ketones is 1. The normalized spacial score (nSPS) is 17.8. The van der Waals surface area contributed by atoms with Crippen molar-refractivity contribution >= 4 is 17.4 Å². The van der Waals surface area contributed by atoms with Crippen LogP contribution in [0.5, 0.6) is 0 Å². The SMILES string of the molecule is C=CCC1(C(=O)c2ccccc2)C(=O)N(Cc2ccccc2)c2ccc(C(F)(F)F)cc21. The topological polar surface area (TPSA) is 37.4 Å². The zero-order valence-electron chi connectivity index (χ0n) is 17.1. The van der Waals surface area contributed by atoms with Crippen molar-refractivity contribution in [3.63, 3.8) is 0 Å². The van der Waals surface area contributed by atoms with E-state index in [1.807, 2.05) is 30.3 Å². The van der Waals surface area contributed by atoms with E-state index >= 15 is 0 Å². The summed E-state index contributed by atoms with van der Waals surface area (Å²) in [7, 11) is 0. The molecular formula is C26H20F3NO2. The number of rotatable bonds is 6. The third-order valence-corrected chi connectivity index (χ3v) is 5.74. The van der Waals surface area contributed by atoms with Crippen LogP contribution in [0.4, 0.5) is 18.9 Å². The molecule has 162 valence electrons. The molecule has 32 heavy (non-hydrogen) atoms. The average molecular weight is 435 g/mol. The van der Waals surface area contributed by atoms with Gasteiger partial charge in [0.15, 0.2) is 5.78 Å². The number of hydrogen-bond donors (Lipinski definition) is 0. The average Bonchev–Trinajstić information content (AvgIpc) is 3.02. The van der Waals surface area contributed by atoms with Crippen molar-refractivity contribution in [3.05, 3.63) is 114 Å². The van der Waals surface area contributed by atoms with Crippen molar-refractivity contribution in [2.75, 3.05) is 4.90 Å². The van der Waals surface area contributed by atoms with Crippen LogP contribution in [-0.2, 0) is 22.9 Å². The van der Waals surface area contributed by atoms with Crippen LogP contribution in [0.15, 0.2) is 91.5 Å². The second-order valence-corrected chi connectivity index (χ2v) is 7.70. The zero-order valence-corrected chi connectivity index (χ0v) is 17.1. The van der Waals surface area contributed by atoms with Crippen LogP contribution >= 0.6 is 0 Å². The molecule has 0 aromatic heterocycles. The molecule has 3 nitrogen and oxygen atoms in total. The number of fused-ring (bicyclic) bond motifs is 1. The number of carbonyl (C=O) groups excluding carboxylic acids is 2. The van der Waals surface area contributed by atoms with E-state index in [-0.39, 0.29) is 24.1 Å². The Bertz CT molecular complexity index is 1170. The zero-order chi connectivity index (χ0) is 22.9. The number of anilines is 1. The first-order chi connectivity index (χ1) is 15.3. The number of nitrogens with zero attached hydrogens (tertiary/aromatic N) is 1. The summed E-state index contributed by atoms with van der Waals surface area (Å²) in [6.07, 6.45) is -3.31. The van der Waals surface area contributed by atoms with Crippen LogP contribution in [0.2, 0.25) is 0 Å². The summed E-state index contributed by atoms with van der Waals surface area (Å²) in [6, 6.07) is 20.4. The predicted molar refractivity (Wildman–Crippen MR) is 116 cm³/mol. The molecule has 1 aliphatic heterocycles. The number of alkyl halides is 3. The van der Waals surface area contributed by atoms with Gasteiger partial charge in [-0.3, -0.25) is 9.59 Å². The summed E-state index contributed by atoms with van der Waals surface area (Å²) in [5.74, 6) is -1.09. The third kappa shape index (κ3) is 3.51. The maximum absolute atomic E-state index is 13.8. The fourth-order valence-corrected chi connectivity index (χ4v) is 4.23. The molecule has 0 fully saturated rings. The highest BCUT2D eigenvalue weighted by Crippen LogP contribution is 2.48. The van der Waals surface area contributed by atoms with Crippen LogP contribution in [0.25, 0.3) is 0 Å². The lowest BCUT2D eigenvalue weighted by Crippen LogP contribution is -2.46. The van der Waals surface area contributed by atoms with E-state index in [0.717, 1.165) is 17.7 Å². The van der Waals surface area contributed by atoms with Crippen LogP contribution in [-0.4, -0.2) is 11.7 Å². The quantitative estimate of drug-likeness (QED) is 0.273. The minimum absolute atomic E-state index is 0.0574. The van der Waals surface area contributed by atoms with Crippen molar-refractivity contribution in [1.29, 1.82) is 0 Å². The summed E-state index contributed by atoms with van der Waals surface area (Å²) >= 11 is 0. The Kier molecular flexibility index (Phi) is 5.46. The van der Waals surface area contributed by atoms with Crippen LogP contribution in [0.3, 0.4) is 0 Å². The van der Waals surface area contributed by atoms with Crippen LogP contribution < -0.4 is 4.90 Å². The van der Waals surface area contributed by atoms with Gasteiger partial charge in [-0.1, -0.05) is 66.7 Å². The third-order valence-electron chi connectivity index (χ3n) is 5.74. The van der Waals surface area contributed by atoms with Gasteiger partial charge in [-0.25, -0.2) is 0 Å². The van der Waals surface area contributed by atoms with Gasteiger partial charge in [-0.2, -0.15) is 13.2 Å². The van der Waals surface area contributed by atoms with Gasteiger partial charge in [0.2, 0.25) is 5.91 Å². The van der Waals surface area contributed by atoms with Crippen molar-refractivity contribution in [2.24, 2.45) is 0 Å². The summed E-state index contributed by atoms with van der Waals surface area (Å²) in [5, 5.41) is 0. The van der Waals surface area contributed by atoms with Crippen LogP contribution in [0.1, 0.15) is 33.5 Å². The van der Waals surface area contributed by atoms with Gasteiger partial charge >= 0.3 is 6.18 Å². The number of amides is 1. The fraction of sp³-hybridized carbons (Fsp3) is 0.154. The highest BCUT2D eigenvalue weighted by Gasteiger charge is 2.56. The second kappa shape index (κ2) is 8.11. The van der Waals surface area contributed by atoms with Crippen molar-refractivity contribution in [3.8, 4) is 0 Å². The molecule has 0 saturated heterocycles. The number of allylic oxidation sites excluding steroid dienone is 1. The molecule has 6 heteroatoms. The molecule has 1 unspecified atom stereocenters. The molecule has 0 spiro atoms. The highest BCUT2D eigenvalue weighted by molar-refractivity contribution is 6.26. The Morgan fingerprint density at radius 1 is 0.969 bits per heavy atom. The van der Waals surface area contributed by atoms with E-state index < -0.39 is 28.8 Å². The van der Waals surface area contributed by atoms with E-state index in [2.05, 4.69) is 6.58 Å². The molecule has 0 N–H and O–H groups in total. The lowest BCUT2D eigenvalue weighted by molar-refractivity contribution is -0.137. The van der Waals surface area contributed by atoms with Crippen LogP contribution in [0, 0.1) is 0 Å². The first-order valence-electron chi connectivity index (χ1n) is 10.1. The Balaban J connectivity index is 1.94. The van der Waals surface area contributed by atoms with Crippen molar-refractivity contribution in [2.45, 2.75) is 24.6 Å². The lowest BCUT2D eigenvalue weighted by atomic mass is 9.72. The van der Waals surface area contributed by atoms with Gasteiger partial charge in [-0.15, -0.1) is 6.58 Å². The number of benzene rings is 3. The molecule has 1 aliphatic rings. The maximum atomic E-state index is 13.8. The molecule has 0 radical (unpaired) electrons. The number of Topliss-reactive ketones (excluding diaryl/α,β-unsaturated/α-hetero) is 1. The number of hydrogen-bond acceptors (Lipinski definition) is 2. The Morgan fingerprint density at radius 2 is 1.59 bits per heavy atom. The fourth-order valence-electron chi connectivity index (χ4n) is 4.23. The molecule has 0 saturated carbocycles. The van der Waals surface area contributed by atoms with E-state index in [4.69, 9.17) is 0 Å². The molecule has 4 rings (SSSR count). The summed E-state index contributed by atoms with van der Waals surface area (Å²) < 4.78 is 40.7. The minimum Gasteiger partial charge on any atom is -0.306 e. The van der Waals surface area contributed by atoms with Crippen molar-refractivity contribution in [1.82, 2.24) is 0 Å². The number of halogens is 3. The van der Waals surface area contributed by atoms with Gasteiger partial charge in [0, 0.05) is 16.8 Å². The highest BCUT2D eigenvalue weighted by atomic mass is 19.4. The standard InChI is InChI=1S/C26H20F3NO2/c1-2-15-25(23(31)19-11-7-4-8-12-19)21-16-20(26(27,28)29)13-14-22(21)30(24(25)32)17-18-9-5-3-6-10-18/h2-14,16H,1,15,17H2. The van der Waals surface area contributed by atoms with E-state index in [9.17, 15) is 22.8 Å². The molecule has 0 aliphatic carbocycles. The summed E-state index contributed by atoms with van der Waals surface area (Å²) in [4.78, 5) is 28.9. The smallest absolute Gasteiger partial charge is 0.306 e. The molecule has 3 aromatic carbocycles. The molecular weight excluding hydrogens is 415 g/mol. The van der Waals surface area contributed by atoms with Gasteiger partial charge in [0.25, 0.3) is 0 Å². The first-order valence-corrected chi connectivity index (χ1v) is 10.1. The van der Waals surface area contributed by atoms with Crippen molar-refractivity contribution < 1.29 is 22.8 Å². The predicted octanol–water partition coefficient (Wildman–Crippen LogP) is 5.95. The maximum Gasteiger partial charge on any atom is 0.416 e. The largest absolute Gasteiger partial charge is 0.416 e. The summed E-state index contributed by atoms with van der Waals surface area (Å²) in [6.45, 7) is 3.83. The Labute approximate surface area is 183 Å². The monoisotopic (exact) mass is 435 g/mol. The van der Waals surface area contributed by atoms with E-state index in [1.165, 1.54) is 17.0 Å². The van der Waals surface area contributed by atoms with Gasteiger partial charge in [0.1, 0.15) is 5.41 Å². The second-order valence-electron chi connectivity index (χ2n) is 7.70. The molecule has 1 heterocycles. The lowest BCUT2D eigenvalue weighted by Gasteiger charge is -2.27. The van der Waals surface area contributed by atoms with E-state index in [0.29, 0.717) is 5.69 Å². The Hall–Kier alpha value is -3.67. The Morgan fingerprint density at radius 3 is 2.19 bits per heavy atom.